The summed E-state index contributed by atoms with van der Waals surface area (Å²) in [5.41, 5.74) is 1.22. The molecule has 0 radical (unpaired) electrons. The monoisotopic (exact) mass is 336 g/mol. The molecule has 0 unspecified atom stereocenters. The predicted molar refractivity (Wildman–Crippen MR) is 93.9 cm³/mol. The van der Waals surface area contributed by atoms with Crippen LogP contribution in [-0.2, 0) is 11.2 Å². The van der Waals surface area contributed by atoms with Crippen LogP contribution in [0.1, 0.15) is 30.0 Å². The van der Waals surface area contributed by atoms with Crippen molar-refractivity contribution in [3.05, 3.63) is 16.1 Å². The van der Waals surface area contributed by atoms with Crippen LogP contribution >= 0.6 is 11.3 Å². The van der Waals surface area contributed by atoms with Gasteiger partial charge in [0.2, 0.25) is 5.91 Å². The fraction of sp³-hybridized carbons (Fsp3) is 0.765. The summed E-state index contributed by atoms with van der Waals surface area (Å²) in [6.07, 6.45) is 4.55. The molecule has 5 nitrogen and oxygen atoms in total. The molecule has 0 aliphatic carbocycles. The van der Waals surface area contributed by atoms with Gasteiger partial charge in [0, 0.05) is 44.5 Å². The number of likely N-dealkylation sites (tertiary alicyclic amines) is 1. The van der Waals surface area contributed by atoms with Gasteiger partial charge in [0.05, 0.1) is 17.2 Å². The molecule has 0 aromatic carbocycles. The van der Waals surface area contributed by atoms with Gasteiger partial charge in [-0.05, 0) is 39.3 Å². The number of thiazole rings is 1. The Balaban J connectivity index is 1.40. The van der Waals surface area contributed by atoms with Crippen molar-refractivity contribution in [2.45, 2.75) is 32.6 Å². The summed E-state index contributed by atoms with van der Waals surface area (Å²) >= 11 is 1.73. The molecule has 0 atom stereocenters. The number of hydrogen-bond donors (Lipinski definition) is 0. The third-order valence-corrected chi connectivity index (χ3v) is 5.67. The van der Waals surface area contributed by atoms with E-state index < -0.39 is 0 Å². The molecule has 1 aromatic heterocycles. The minimum Gasteiger partial charge on any atom is -0.342 e. The fourth-order valence-electron chi connectivity index (χ4n) is 3.46. The molecular weight excluding hydrogens is 308 g/mol. The van der Waals surface area contributed by atoms with Crippen molar-refractivity contribution in [1.82, 2.24) is 19.7 Å². The molecule has 3 rings (SSSR count). The zero-order valence-corrected chi connectivity index (χ0v) is 15.0. The molecule has 2 aliphatic heterocycles. The highest BCUT2D eigenvalue weighted by Crippen LogP contribution is 2.11. The Morgan fingerprint density at radius 2 is 1.83 bits per heavy atom. The first-order valence-electron chi connectivity index (χ1n) is 8.84. The van der Waals surface area contributed by atoms with Crippen LogP contribution in [0, 0.1) is 6.92 Å². The molecule has 3 heterocycles. The largest absolute Gasteiger partial charge is 0.342 e. The Morgan fingerprint density at radius 1 is 1.09 bits per heavy atom. The van der Waals surface area contributed by atoms with E-state index in [2.05, 4.69) is 27.1 Å². The third kappa shape index (κ3) is 4.99. The second-order valence-electron chi connectivity index (χ2n) is 6.67. The molecule has 0 spiro atoms. The van der Waals surface area contributed by atoms with Crippen LogP contribution in [0.5, 0.6) is 0 Å². The van der Waals surface area contributed by atoms with Gasteiger partial charge < -0.3 is 9.80 Å². The average molecular weight is 337 g/mol. The first-order valence-corrected chi connectivity index (χ1v) is 9.72. The SMILES string of the molecule is Cc1nc(CCN2CCCN(CC(=O)N3CCCC3)CC2)cs1. The van der Waals surface area contributed by atoms with Crippen molar-refractivity contribution in [1.29, 1.82) is 0 Å². The van der Waals surface area contributed by atoms with E-state index in [9.17, 15) is 4.79 Å². The number of carbonyl (C=O) groups is 1. The maximum atomic E-state index is 12.3. The summed E-state index contributed by atoms with van der Waals surface area (Å²) < 4.78 is 0. The normalized spacial score (nSPS) is 20.8. The number of rotatable bonds is 5. The lowest BCUT2D eigenvalue weighted by molar-refractivity contribution is -0.131. The number of nitrogens with zero attached hydrogens (tertiary/aromatic N) is 4. The molecule has 128 valence electrons. The number of hydrogen-bond acceptors (Lipinski definition) is 5. The van der Waals surface area contributed by atoms with Gasteiger partial charge in [-0.3, -0.25) is 9.69 Å². The second-order valence-corrected chi connectivity index (χ2v) is 7.73. The molecule has 0 N–H and O–H groups in total. The van der Waals surface area contributed by atoms with Crippen LogP contribution < -0.4 is 0 Å². The minimum absolute atomic E-state index is 0.328. The lowest BCUT2D eigenvalue weighted by atomic mass is 10.3. The summed E-state index contributed by atoms with van der Waals surface area (Å²) in [7, 11) is 0. The average Bonchev–Trinajstić information content (AvgIpc) is 3.16. The van der Waals surface area contributed by atoms with E-state index in [4.69, 9.17) is 0 Å². The molecule has 2 aliphatic rings. The number of carbonyl (C=O) groups excluding carboxylic acids is 1. The number of aryl methyl sites for hydroxylation is 1. The molecule has 2 fully saturated rings. The van der Waals surface area contributed by atoms with Gasteiger partial charge in [0.25, 0.3) is 0 Å². The highest BCUT2D eigenvalue weighted by Gasteiger charge is 2.22. The lowest BCUT2D eigenvalue weighted by Gasteiger charge is -2.23. The molecule has 6 heteroatoms. The van der Waals surface area contributed by atoms with Gasteiger partial charge >= 0.3 is 0 Å². The van der Waals surface area contributed by atoms with Gasteiger partial charge in [-0.2, -0.15) is 0 Å². The summed E-state index contributed by atoms with van der Waals surface area (Å²) in [4.78, 5) is 23.7. The van der Waals surface area contributed by atoms with Crippen molar-refractivity contribution < 1.29 is 4.79 Å². The van der Waals surface area contributed by atoms with E-state index >= 15 is 0 Å². The quantitative estimate of drug-likeness (QED) is 0.819. The maximum Gasteiger partial charge on any atom is 0.236 e. The topological polar surface area (TPSA) is 39.7 Å². The molecular formula is C17H28N4OS. The number of aromatic nitrogens is 1. The van der Waals surface area contributed by atoms with E-state index in [1.807, 2.05) is 4.90 Å². The smallest absolute Gasteiger partial charge is 0.236 e. The van der Waals surface area contributed by atoms with Crippen molar-refractivity contribution in [2.75, 3.05) is 52.4 Å². The van der Waals surface area contributed by atoms with E-state index in [0.717, 1.165) is 63.7 Å². The molecule has 1 amide bonds. The first kappa shape index (κ1) is 16.9. The van der Waals surface area contributed by atoms with Crippen molar-refractivity contribution in [3.63, 3.8) is 0 Å². The van der Waals surface area contributed by atoms with Gasteiger partial charge in [-0.1, -0.05) is 0 Å². The van der Waals surface area contributed by atoms with E-state index in [1.54, 1.807) is 11.3 Å². The highest BCUT2D eigenvalue weighted by atomic mass is 32.1. The van der Waals surface area contributed by atoms with Crippen LogP contribution in [0.15, 0.2) is 5.38 Å². The van der Waals surface area contributed by atoms with Gasteiger partial charge in [-0.25, -0.2) is 4.98 Å². The Morgan fingerprint density at radius 3 is 2.57 bits per heavy atom. The maximum absolute atomic E-state index is 12.3. The van der Waals surface area contributed by atoms with Gasteiger partial charge in [-0.15, -0.1) is 11.3 Å². The van der Waals surface area contributed by atoms with Crippen molar-refractivity contribution in [3.8, 4) is 0 Å². The Hall–Kier alpha value is -0.980. The summed E-state index contributed by atoms with van der Waals surface area (Å²) in [6.45, 7) is 9.94. The molecule has 0 bridgehead atoms. The fourth-order valence-corrected chi connectivity index (χ4v) is 4.11. The van der Waals surface area contributed by atoms with Crippen LogP contribution in [0.2, 0.25) is 0 Å². The van der Waals surface area contributed by atoms with Crippen LogP contribution in [0.3, 0.4) is 0 Å². The van der Waals surface area contributed by atoms with E-state index in [-0.39, 0.29) is 0 Å². The first-order chi connectivity index (χ1) is 11.2. The summed E-state index contributed by atoms with van der Waals surface area (Å²) in [5.74, 6) is 0.328. The molecule has 2 saturated heterocycles. The Kier molecular flexibility index (Phi) is 6.02. The summed E-state index contributed by atoms with van der Waals surface area (Å²) in [6, 6.07) is 0. The second kappa shape index (κ2) is 8.22. The molecule has 1 aromatic rings. The Bertz CT molecular complexity index is 512. The van der Waals surface area contributed by atoms with Crippen LogP contribution in [-0.4, -0.2) is 77.9 Å². The Labute approximate surface area is 143 Å². The van der Waals surface area contributed by atoms with E-state index in [1.165, 1.54) is 18.5 Å². The predicted octanol–water partition coefficient (Wildman–Crippen LogP) is 1.62. The standard InChI is InChI=1S/C17H28N4OS/c1-15-18-16(14-23-15)5-10-19-6-4-7-20(12-11-19)13-17(22)21-8-2-3-9-21/h14H,2-13H2,1H3. The summed E-state index contributed by atoms with van der Waals surface area (Å²) in [5, 5.41) is 3.33. The zero-order chi connectivity index (χ0) is 16.1. The van der Waals surface area contributed by atoms with Crippen LogP contribution in [0.25, 0.3) is 0 Å². The molecule has 23 heavy (non-hydrogen) atoms. The zero-order valence-electron chi connectivity index (χ0n) is 14.2. The van der Waals surface area contributed by atoms with Crippen molar-refractivity contribution in [2.24, 2.45) is 0 Å². The number of amides is 1. The highest BCUT2D eigenvalue weighted by molar-refractivity contribution is 7.09. The van der Waals surface area contributed by atoms with Gasteiger partial charge in [0.15, 0.2) is 0 Å². The lowest BCUT2D eigenvalue weighted by Crippen LogP contribution is -2.40. The van der Waals surface area contributed by atoms with Crippen LogP contribution in [0.4, 0.5) is 0 Å². The minimum atomic E-state index is 0.328. The molecule has 0 saturated carbocycles. The van der Waals surface area contributed by atoms with Gasteiger partial charge in [0.1, 0.15) is 0 Å². The third-order valence-electron chi connectivity index (χ3n) is 4.85. The van der Waals surface area contributed by atoms with Crippen molar-refractivity contribution >= 4 is 17.2 Å². The van der Waals surface area contributed by atoms with E-state index in [0.29, 0.717) is 12.5 Å².